The van der Waals surface area contributed by atoms with Gasteiger partial charge < -0.3 is 10.5 Å². The molecule has 2 nitrogen and oxygen atoms in total. The molecule has 0 unspecified atom stereocenters. The molecule has 1 heterocycles. The van der Waals surface area contributed by atoms with Gasteiger partial charge in [0.05, 0.1) is 6.61 Å². The van der Waals surface area contributed by atoms with E-state index in [4.69, 9.17) is 10.5 Å². The van der Waals surface area contributed by atoms with Crippen LogP contribution in [0.3, 0.4) is 0 Å². The van der Waals surface area contributed by atoms with Crippen molar-refractivity contribution in [1.29, 1.82) is 0 Å². The van der Waals surface area contributed by atoms with Crippen molar-refractivity contribution in [2.24, 2.45) is 5.73 Å². The average molecular weight is 242 g/mol. The highest BCUT2D eigenvalue weighted by atomic mass is 79.9. The Kier molecular flexibility index (Phi) is 2.30. The number of nitrogens with two attached hydrogens (primary N) is 1. The Labute approximate surface area is 86.2 Å². The van der Waals surface area contributed by atoms with E-state index in [1.54, 1.807) is 0 Å². The average Bonchev–Trinajstić information content (AvgIpc) is 2.49. The van der Waals surface area contributed by atoms with E-state index in [-0.39, 0.29) is 6.04 Å². The molecule has 0 spiro atoms. The zero-order valence-electron chi connectivity index (χ0n) is 7.51. The van der Waals surface area contributed by atoms with Crippen LogP contribution < -0.4 is 10.5 Å². The maximum Gasteiger partial charge on any atom is 0.127 e. The first kappa shape index (κ1) is 9.03. The van der Waals surface area contributed by atoms with Crippen LogP contribution in [0.25, 0.3) is 0 Å². The van der Waals surface area contributed by atoms with Gasteiger partial charge in [-0.3, -0.25) is 0 Å². The summed E-state index contributed by atoms with van der Waals surface area (Å²) in [6.07, 6.45) is 0.995. The van der Waals surface area contributed by atoms with E-state index >= 15 is 0 Å². The molecule has 2 rings (SSSR count). The molecule has 1 aliphatic heterocycles. The lowest BCUT2D eigenvalue weighted by molar-refractivity contribution is 0.352. The largest absolute Gasteiger partial charge is 0.493 e. The van der Waals surface area contributed by atoms with E-state index in [2.05, 4.69) is 22.0 Å². The standard InChI is InChI=1S/C10H12BrNO/c1-6(12)9-5-8(11)4-7-2-3-13-10(7)9/h4-6H,2-3,12H2,1H3/t6-/m0/s1. The predicted octanol–water partition coefficient (Wildman–Crippen LogP) is 2.40. The first-order valence-corrected chi connectivity index (χ1v) is 5.18. The van der Waals surface area contributed by atoms with Crippen molar-refractivity contribution < 1.29 is 4.74 Å². The number of benzene rings is 1. The van der Waals surface area contributed by atoms with Crippen molar-refractivity contribution in [1.82, 2.24) is 0 Å². The van der Waals surface area contributed by atoms with E-state index < -0.39 is 0 Å². The van der Waals surface area contributed by atoms with Gasteiger partial charge in [0.25, 0.3) is 0 Å². The third-order valence-corrected chi connectivity index (χ3v) is 2.73. The van der Waals surface area contributed by atoms with Crippen molar-refractivity contribution >= 4 is 15.9 Å². The Balaban J connectivity index is 2.55. The maximum atomic E-state index is 5.85. The molecule has 70 valence electrons. The van der Waals surface area contributed by atoms with Gasteiger partial charge in [0.2, 0.25) is 0 Å². The lowest BCUT2D eigenvalue weighted by Gasteiger charge is -2.11. The third-order valence-electron chi connectivity index (χ3n) is 2.27. The second-order valence-electron chi connectivity index (χ2n) is 3.37. The summed E-state index contributed by atoms with van der Waals surface area (Å²) in [7, 11) is 0. The molecule has 1 aliphatic rings. The molecule has 2 N–H and O–H groups in total. The number of fused-ring (bicyclic) bond motifs is 1. The molecule has 0 saturated heterocycles. The maximum absolute atomic E-state index is 5.85. The number of ether oxygens (including phenoxy) is 1. The third kappa shape index (κ3) is 1.58. The number of halogens is 1. The van der Waals surface area contributed by atoms with Crippen molar-refractivity contribution in [2.45, 2.75) is 19.4 Å². The van der Waals surface area contributed by atoms with Gasteiger partial charge in [0.1, 0.15) is 5.75 Å². The number of hydrogen-bond acceptors (Lipinski definition) is 2. The SMILES string of the molecule is C[C@H](N)c1cc(Br)cc2c1OCC2. The van der Waals surface area contributed by atoms with E-state index in [9.17, 15) is 0 Å². The zero-order chi connectivity index (χ0) is 9.42. The van der Waals surface area contributed by atoms with Gasteiger partial charge in [0.15, 0.2) is 0 Å². The molecule has 0 radical (unpaired) electrons. The van der Waals surface area contributed by atoms with Crippen LogP contribution in [0.2, 0.25) is 0 Å². The molecule has 13 heavy (non-hydrogen) atoms. The molecule has 0 aromatic heterocycles. The molecule has 0 bridgehead atoms. The Morgan fingerprint density at radius 2 is 2.31 bits per heavy atom. The normalized spacial score (nSPS) is 16.5. The fourth-order valence-electron chi connectivity index (χ4n) is 1.64. The number of hydrogen-bond donors (Lipinski definition) is 1. The summed E-state index contributed by atoms with van der Waals surface area (Å²) in [4.78, 5) is 0. The van der Waals surface area contributed by atoms with Crippen molar-refractivity contribution in [2.75, 3.05) is 6.61 Å². The number of rotatable bonds is 1. The molecular formula is C10H12BrNO. The van der Waals surface area contributed by atoms with Crippen molar-refractivity contribution in [3.05, 3.63) is 27.7 Å². The fraction of sp³-hybridized carbons (Fsp3) is 0.400. The molecule has 0 saturated carbocycles. The van der Waals surface area contributed by atoms with E-state index in [0.29, 0.717) is 0 Å². The van der Waals surface area contributed by atoms with Crippen LogP contribution in [0.4, 0.5) is 0 Å². The summed E-state index contributed by atoms with van der Waals surface area (Å²) in [6.45, 7) is 2.76. The molecule has 3 heteroatoms. The first-order valence-electron chi connectivity index (χ1n) is 4.39. The van der Waals surface area contributed by atoms with Gasteiger partial charge in [-0.1, -0.05) is 15.9 Å². The van der Waals surface area contributed by atoms with Gasteiger partial charge in [-0.15, -0.1) is 0 Å². The van der Waals surface area contributed by atoms with E-state index in [1.165, 1.54) is 5.56 Å². The summed E-state index contributed by atoms with van der Waals surface area (Å²) < 4.78 is 6.63. The van der Waals surface area contributed by atoms with Gasteiger partial charge in [-0.05, 0) is 24.6 Å². The molecule has 0 fully saturated rings. The Hall–Kier alpha value is -0.540. The second kappa shape index (κ2) is 3.31. The topological polar surface area (TPSA) is 35.2 Å². The Morgan fingerprint density at radius 1 is 1.54 bits per heavy atom. The molecule has 1 aromatic rings. The van der Waals surface area contributed by atoms with Crippen molar-refractivity contribution in [3.8, 4) is 5.75 Å². The highest BCUT2D eigenvalue weighted by Crippen LogP contribution is 2.35. The minimum Gasteiger partial charge on any atom is -0.493 e. The van der Waals surface area contributed by atoms with Gasteiger partial charge in [0, 0.05) is 22.5 Å². The lowest BCUT2D eigenvalue weighted by atomic mass is 10.0. The van der Waals surface area contributed by atoms with Crippen LogP contribution in [-0.4, -0.2) is 6.61 Å². The smallest absolute Gasteiger partial charge is 0.127 e. The second-order valence-corrected chi connectivity index (χ2v) is 4.29. The summed E-state index contributed by atoms with van der Waals surface area (Å²) >= 11 is 3.47. The highest BCUT2D eigenvalue weighted by molar-refractivity contribution is 9.10. The fourth-order valence-corrected chi connectivity index (χ4v) is 2.16. The Bertz CT molecular complexity index is 336. The summed E-state index contributed by atoms with van der Waals surface area (Å²) in [5.41, 5.74) is 8.22. The van der Waals surface area contributed by atoms with Gasteiger partial charge in [-0.2, -0.15) is 0 Å². The monoisotopic (exact) mass is 241 g/mol. The van der Waals surface area contributed by atoms with Gasteiger partial charge >= 0.3 is 0 Å². The first-order chi connectivity index (χ1) is 6.18. The zero-order valence-corrected chi connectivity index (χ0v) is 9.10. The van der Waals surface area contributed by atoms with E-state index in [0.717, 1.165) is 28.8 Å². The molecule has 0 aliphatic carbocycles. The highest BCUT2D eigenvalue weighted by Gasteiger charge is 2.18. The summed E-state index contributed by atoms with van der Waals surface area (Å²) in [5, 5.41) is 0. The molecule has 0 amide bonds. The van der Waals surface area contributed by atoms with E-state index in [1.807, 2.05) is 13.0 Å². The van der Waals surface area contributed by atoms with Crippen LogP contribution in [0, 0.1) is 0 Å². The quantitative estimate of drug-likeness (QED) is 0.820. The van der Waals surface area contributed by atoms with Crippen LogP contribution >= 0.6 is 15.9 Å². The molecule has 1 atom stereocenters. The lowest BCUT2D eigenvalue weighted by Crippen LogP contribution is -2.06. The summed E-state index contributed by atoms with van der Waals surface area (Å²) in [6, 6.07) is 4.17. The van der Waals surface area contributed by atoms with Crippen LogP contribution in [0.1, 0.15) is 24.1 Å². The molecule has 1 aromatic carbocycles. The van der Waals surface area contributed by atoms with Gasteiger partial charge in [-0.25, -0.2) is 0 Å². The van der Waals surface area contributed by atoms with Crippen LogP contribution in [0.15, 0.2) is 16.6 Å². The molecular weight excluding hydrogens is 230 g/mol. The van der Waals surface area contributed by atoms with Crippen molar-refractivity contribution in [3.63, 3.8) is 0 Å². The Morgan fingerprint density at radius 3 is 3.00 bits per heavy atom. The van der Waals surface area contributed by atoms with Crippen LogP contribution in [0.5, 0.6) is 5.75 Å². The summed E-state index contributed by atoms with van der Waals surface area (Å²) in [5.74, 6) is 0.998. The minimum absolute atomic E-state index is 0.0318. The van der Waals surface area contributed by atoms with Crippen LogP contribution in [-0.2, 0) is 6.42 Å². The minimum atomic E-state index is 0.0318. The predicted molar refractivity (Wildman–Crippen MR) is 55.9 cm³/mol.